The highest BCUT2D eigenvalue weighted by atomic mass is 79.9. The van der Waals surface area contributed by atoms with E-state index in [4.69, 9.17) is 5.73 Å². The van der Waals surface area contributed by atoms with Crippen molar-refractivity contribution in [3.8, 4) is 0 Å². The van der Waals surface area contributed by atoms with Gasteiger partial charge in [0, 0.05) is 32.2 Å². The molecule has 0 aliphatic carbocycles. The van der Waals surface area contributed by atoms with E-state index in [2.05, 4.69) is 51.3 Å². The topological polar surface area (TPSA) is 47.1 Å². The normalized spacial score (nSPS) is 12.7. The van der Waals surface area contributed by atoms with Gasteiger partial charge in [-0.1, -0.05) is 0 Å². The molecule has 20 heavy (non-hydrogen) atoms. The molecule has 2 heterocycles. The van der Waals surface area contributed by atoms with E-state index < -0.39 is 0 Å². The molecule has 2 aromatic heterocycles. The molecule has 0 radical (unpaired) electrons. The van der Waals surface area contributed by atoms with Crippen LogP contribution in [0.2, 0.25) is 0 Å². The summed E-state index contributed by atoms with van der Waals surface area (Å²) in [5, 5.41) is 6.72. The average molecular weight is 357 g/mol. The molecule has 1 unspecified atom stereocenters. The monoisotopic (exact) mass is 356 g/mol. The Morgan fingerprint density at radius 1 is 1.55 bits per heavy atom. The van der Waals surface area contributed by atoms with Crippen LogP contribution in [0.15, 0.2) is 15.2 Å². The fraction of sp³-hybridized carbons (Fsp3) is 0.500. The quantitative estimate of drug-likeness (QED) is 0.895. The van der Waals surface area contributed by atoms with Crippen LogP contribution in [-0.4, -0.2) is 22.9 Å². The molecule has 0 saturated carbocycles. The maximum atomic E-state index is 5.97. The second-order valence-electron chi connectivity index (χ2n) is 5.31. The predicted molar refractivity (Wildman–Crippen MR) is 89.4 cm³/mol. The van der Waals surface area contributed by atoms with Gasteiger partial charge in [-0.05, 0) is 53.2 Å². The Hall–Kier alpha value is -0.850. The first-order valence-electron chi connectivity index (χ1n) is 6.60. The van der Waals surface area contributed by atoms with E-state index in [1.807, 2.05) is 18.7 Å². The Kier molecular flexibility index (Phi) is 4.88. The molecule has 2 N–H and O–H groups in total. The first kappa shape index (κ1) is 15.5. The van der Waals surface area contributed by atoms with E-state index in [1.54, 1.807) is 11.3 Å². The molecule has 0 spiro atoms. The van der Waals surface area contributed by atoms with Crippen molar-refractivity contribution in [1.82, 2.24) is 9.78 Å². The summed E-state index contributed by atoms with van der Waals surface area (Å²) in [6, 6.07) is 2.30. The Balaban J connectivity index is 2.26. The summed E-state index contributed by atoms with van der Waals surface area (Å²) in [5.74, 6) is 1.15. The van der Waals surface area contributed by atoms with Crippen LogP contribution in [0.3, 0.4) is 0 Å². The van der Waals surface area contributed by atoms with Crippen LogP contribution < -0.4 is 10.6 Å². The van der Waals surface area contributed by atoms with Crippen molar-refractivity contribution < 1.29 is 0 Å². The summed E-state index contributed by atoms with van der Waals surface area (Å²) in [7, 11) is 4.10. The van der Waals surface area contributed by atoms with Crippen LogP contribution in [0.4, 0.5) is 5.82 Å². The summed E-state index contributed by atoms with van der Waals surface area (Å²) >= 11 is 5.22. The standard InChI is InChI=1S/C14H21BrN4S/c1-9(16)5-12-10(2)17-19(4)14(12)18(3)7-11-6-13(15)20-8-11/h6,8-9H,5,7,16H2,1-4H3. The molecule has 2 aromatic rings. The molecule has 0 amide bonds. The Bertz CT molecular complexity index is 588. The van der Waals surface area contributed by atoms with E-state index in [9.17, 15) is 0 Å². The largest absolute Gasteiger partial charge is 0.355 e. The van der Waals surface area contributed by atoms with Gasteiger partial charge >= 0.3 is 0 Å². The summed E-state index contributed by atoms with van der Waals surface area (Å²) in [6.07, 6.45) is 0.854. The molecule has 110 valence electrons. The zero-order chi connectivity index (χ0) is 14.9. The number of nitrogens with two attached hydrogens (primary N) is 1. The van der Waals surface area contributed by atoms with Crippen molar-refractivity contribution in [2.45, 2.75) is 32.9 Å². The van der Waals surface area contributed by atoms with Gasteiger partial charge in [-0.25, -0.2) is 0 Å². The minimum absolute atomic E-state index is 0.139. The third-order valence-corrected chi connectivity index (χ3v) is 4.80. The average Bonchev–Trinajstić information content (AvgIpc) is 2.83. The number of hydrogen-bond acceptors (Lipinski definition) is 4. The number of aryl methyl sites for hydroxylation is 2. The van der Waals surface area contributed by atoms with E-state index >= 15 is 0 Å². The lowest BCUT2D eigenvalue weighted by Gasteiger charge is -2.21. The van der Waals surface area contributed by atoms with Crippen LogP contribution >= 0.6 is 27.3 Å². The Morgan fingerprint density at radius 3 is 2.80 bits per heavy atom. The van der Waals surface area contributed by atoms with Crippen LogP contribution in [0.5, 0.6) is 0 Å². The zero-order valence-corrected chi connectivity index (χ0v) is 14.8. The van der Waals surface area contributed by atoms with Gasteiger partial charge < -0.3 is 10.6 Å². The number of aromatic nitrogens is 2. The smallest absolute Gasteiger partial charge is 0.130 e. The van der Waals surface area contributed by atoms with Crippen molar-refractivity contribution >= 4 is 33.1 Å². The molecule has 1 atom stereocenters. The van der Waals surface area contributed by atoms with Crippen molar-refractivity contribution in [2.24, 2.45) is 12.8 Å². The highest BCUT2D eigenvalue weighted by Crippen LogP contribution is 2.27. The van der Waals surface area contributed by atoms with E-state index in [-0.39, 0.29) is 6.04 Å². The van der Waals surface area contributed by atoms with E-state index in [0.29, 0.717) is 0 Å². The molecule has 0 saturated heterocycles. The number of thiophene rings is 1. The van der Waals surface area contributed by atoms with Gasteiger partial charge in [0.05, 0.1) is 9.48 Å². The summed E-state index contributed by atoms with van der Waals surface area (Å²) in [4.78, 5) is 2.24. The lowest BCUT2D eigenvalue weighted by molar-refractivity contribution is 0.715. The first-order valence-corrected chi connectivity index (χ1v) is 8.27. The number of rotatable bonds is 5. The Morgan fingerprint density at radius 2 is 2.25 bits per heavy atom. The SMILES string of the molecule is Cc1nn(C)c(N(C)Cc2csc(Br)c2)c1CC(C)N. The minimum Gasteiger partial charge on any atom is -0.355 e. The molecule has 0 fully saturated rings. The van der Waals surface area contributed by atoms with Crippen molar-refractivity contribution in [3.63, 3.8) is 0 Å². The molecule has 0 aromatic carbocycles. The van der Waals surface area contributed by atoms with Crippen molar-refractivity contribution in [2.75, 3.05) is 11.9 Å². The second-order valence-corrected chi connectivity index (χ2v) is 7.60. The lowest BCUT2D eigenvalue weighted by Crippen LogP contribution is -2.23. The lowest BCUT2D eigenvalue weighted by atomic mass is 10.1. The van der Waals surface area contributed by atoms with Crippen molar-refractivity contribution in [1.29, 1.82) is 0 Å². The summed E-state index contributed by atoms with van der Waals surface area (Å²) in [5.41, 5.74) is 9.59. The molecular weight excluding hydrogens is 336 g/mol. The van der Waals surface area contributed by atoms with Gasteiger partial charge in [0.2, 0.25) is 0 Å². The maximum absolute atomic E-state index is 5.97. The molecule has 0 aliphatic heterocycles. The number of anilines is 1. The first-order chi connectivity index (χ1) is 9.38. The number of halogens is 1. The molecule has 0 bridgehead atoms. The molecule has 0 aliphatic rings. The number of hydrogen-bond donors (Lipinski definition) is 1. The Labute approximate surface area is 132 Å². The van der Waals surface area contributed by atoms with Gasteiger partial charge in [0.15, 0.2) is 0 Å². The highest BCUT2D eigenvalue weighted by molar-refractivity contribution is 9.11. The predicted octanol–water partition coefficient (Wildman–Crippen LogP) is 3.08. The van der Waals surface area contributed by atoms with Gasteiger partial charge in [-0.2, -0.15) is 5.10 Å². The highest BCUT2D eigenvalue weighted by Gasteiger charge is 2.18. The molecule has 2 rings (SSSR count). The van der Waals surface area contributed by atoms with Gasteiger partial charge in [0.1, 0.15) is 5.82 Å². The van der Waals surface area contributed by atoms with Gasteiger partial charge in [0.25, 0.3) is 0 Å². The van der Waals surface area contributed by atoms with Crippen molar-refractivity contribution in [3.05, 3.63) is 32.1 Å². The van der Waals surface area contributed by atoms with Gasteiger partial charge in [-0.3, -0.25) is 4.68 Å². The van der Waals surface area contributed by atoms with Crippen LogP contribution in [0, 0.1) is 6.92 Å². The zero-order valence-electron chi connectivity index (χ0n) is 12.4. The molecule has 4 nitrogen and oxygen atoms in total. The van der Waals surface area contributed by atoms with Gasteiger partial charge in [-0.15, -0.1) is 11.3 Å². The molecule has 6 heteroatoms. The van der Waals surface area contributed by atoms with Crippen LogP contribution in [0.25, 0.3) is 0 Å². The fourth-order valence-corrected chi connectivity index (χ4v) is 3.71. The van der Waals surface area contributed by atoms with E-state index in [1.165, 1.54) is 11.1 Å². The van der Waals surface area contributed by atoms with Crippen LogP contribution in [-0.2, 0) is 20.0 Å². The third kappa shape index (κ3) is 3.42. The van der Waals surface area contributed by atoms with E-state index in [0.717, 1.165) is 28.3 Å². The number of nitrogens with zero attached hydrogens (tertiary/aromatic N) is 3. The fourth-order valence-electron chi connectivity index (χ4n) is 2.51. The minimum atomic E-state index is 0.139. The van der Waals surface area contributed by atoms with Crippen LogP contribution in [0.1, 0.15) is 23.7 Å². The second kappa shape index (κ2) is 6.28. The molecular formula is C14H21BrN4S. The summed E-state index contributed by atoms with van der Waals surface area (Å²) < 4.78 is 3.12. The summed E-state index contributed by atoms with van der Waals surface area (Å²) in [6.45, 7) is 4.95. The third-order valence-electron chi connectivity index (χ3n) is 3.24. The maximum Gasteiger partial charge on any atom is 0.130 e.